The summed E-state index contributed by atoms with van der Waals surface area (Å²) >= 11 is 0. The van der Waals surface area contributed by atoms with E-state index in [1.807, 2.05) is 0 Å². The van der Waals surface area contributed by atoms with Gasteiger partial charge in [-0.15, -0.1) is 0 Å². The highest BCUT2D eigenvalue weighted by Gasteiger charge is 2.56. The molecule has 7 aromatic carbocycles. The second-order valence-corrected chi connectivity index (χ2v) is 37.0. The molecular weight excluding hydrogens is 1060 g/mol. The maximum Gasteiger partial charge on any atom is 0.463 e. The zero-order chi connectivity index (χ0) is 57.4. The van der Waals surface area contributed by atoms with Crippen LogP contribution in [0.2, 0.25) is 10.1 Å². The van der Waals surface area contributed by atoms with Gasteiger partial charge in [0.1, 0.15) is 35.9 Å². The van der Waals surface area contributed by atoms with Crippen molar-refractivity contribution in [1.82, 2.24) is 0 Å². The first-order valence-corrected chi connectivity index (χ1v) is 34.4. The Hall–Kier alpha value is -4.77. The van der Waals surface area contributed by atoms with Crippen LogP contribution >= 0.6 is 17.4 Å². The van der Waals surface area contributed by atoms with E-state index in [1.54, 1.807) is 0 Å². The second kappa shape index (κ2) is 23.8. The topological polar surface area (TPSA) is 64.6 Å². The summed E-state index contributed by atoms with van der Waals surface area (Å²) in [6.07, 6.45) is -2.01. The third-order valence-corrected chi connectivity index (χ3v) is 28.3. The fourth-order valence-corrected chi connectivity index (χ4v) is 23.5. The van der Waals surface area contributed by atoms with Gasteiger partial charge in [0.2, 0.25) is 0 Å². The highest BCUT2D eigenvalue weighted by molar-refractivity contribution is 7.42. The number of hydrogen-bond acceptors (Lipinski definition) is 7. The third kappa shape index (κ3) is 12.4. The minimum atomic E-state index is -3.12. The molecule has 2 aliphatic rings. The molecule has 7 aromatic rings. The number of benzene rings is 7. The molecule has 9 rings (SSSR count). The van der Waals surface area contributed by atoms with Crippen LogP contribution in [-0.2, 0) is 39.9 Å². The van der Waals surface area contributed by atoms with Gasteiger partial charge in [-0.2, -0.15) is 0 Å². The Morgan fingerprint density at radius 1 is 0.475 bits per heavy atom. The minimum absolute atomic E-state index is 0.0240. The lowest BCUT2D eigenvalue weighted by atomic mass is 9.81. The molecule has 2 aliphatic heterocycles. The highest BCUT2D eigenvalue weighted by atomic mass is 31.2. The molecule has 0 bridgehead atoms. The molecule has 0 amide bonds. The fraction of sp³-hybridized carbons (Fsp3) is 0.391. The minimum Gasteiger partial charge on any atom is -0.417 e. The average molecular weight is 1150 g/mol. The molecule has 11 heteroatoms. The molecular formula is C69H86O7P2Si2. The number of fused-ring (bicyclic) bond motifs is 2. The summed E-state index contributed by atoms with van der Waals surface area (Å²) in [4.78, 5) is 0. The van der Waals surface area contributed by atoms with Crippen molar-refractivity contribution in [2.24, 2.45) is 0 Å². The fourth-order valence-electron chi connectivity index (χ4n) is 12.1. The van der Waals surface area contributed by atoms with Crippen molar-refractivity contribution in [3.63, 3.8) is 0 Å². The summed E-state index contributed by atoms with van der Waals surface area (Å²) < 4.78 is 53.6. The molecule has 2 heterocycles. The lowest BCUT2D eigenvalue weighted by Gasteiger charge is -2.44. The predicted molar refractivity (Wildman–Crippen MR) is 340 cm³/mol. The van der Waals surface area contributed by atoms with Crippen LogP contribution in [0.5, 0.6) is 11.5 Å². The van der Waals surface area contributed by atoms with Crippen molar-refractivity contribution in [2.75, 3.05) is 13.2 Å². The van der Waals surface area contributed by atoms with E-state index >= 15 is 0 Å². The quantitative estimate of drug-likeness (QED) is 0.0749. The lowest BCUT2D eigenvalue weighted by molar-refractivity contribution is -0.0304. The maximum absolute atomic E-state index is 7.88. The Morgan fingerprint density at radius 3 is 1.23 bits per heavy atom. The van der Waals surface area contributed by atoms with E-state index in [9.17, 15) is 0 Å². The normalized spacial score (nSPS) is 18.6. The van der Waals surface area contributed by atoms with E-state index in [1.165, 1.54) is 43.0 Å². The Bertz CT molecular complexity index is 3070. The number of hydrogen-bond donors (Lipinski definition) is 0. The van der Waals surface area contributed by atoms with Gasteiger partial charge in [-0.3, -0.25) is 4.52 Å². The molecule has 1 fully saturated rings. The van der Waals surface area contributed by atoms with Gasteiger partial charge in [0.05, 0.1) is 13.2 Å². The summed E-state index contributed by atoms with van der Waals surface area (Å²) in [6, 6.07) is 59.0. The molecule has 0 spiro atoms. The van der Waals surface area contributed by atoms with E-state index in [2.05, 4.69) is 275 Å². The summed E-state index contributed by atoms with van der Waals surface area (Å²) in [5.41, 5.74) is 8.66. The van der Waals surface area contributed by atoms with Gasteiger partial charge in [0.15, 0.2) is 0 Å². The smallest absolute Gasteiger partial charge is 0.417 e. The van der Waals surface area contributed by atoms with Gasteiger partial charge >= 0.3 is 8.60 Å². The molecule has 0 saturated carbocycles. The van der Waals surface area contributed by atoms with Crippen molar-refractivity contribution in [1.29, 1.82) is 0 Å². The molecule has 0 radical (unpaired) electrons. The van der Waals surface area contributed by atoms with Gasteiger partial charge in [-0.1, -0.05) is 264 Å². The Kier molecular flexibility index (Phi) is 17.8. The van der Waals surface area contributed by atoms with Crippen molar-refractivity contribution in [3.05, 3.63) is 208 Å². The first-order chi connectivity index (χ1) is 37.8. The standard InChI is InChI=1S/C69H86O7P2Si2/c1-47-37-38-61(50(4)39-47)77-73-64-59(45-70-79(68(11,12)13,53-29-21-17-22-30-53)54-31-23-18-24-32-54)72-60(46-71-80(69(14,15)16,55-33-25-19-26-34-55)56-35-27-20-28-36-56)65(64)76-78-74-62-51(40-48(2)42-57(62)66(5,6)7)44-52-41-49(3)43-58(63(52)75-78)67(8,9)10/h17-43,59-60,64-65,77H,44-46H2,1-16H3/t59-,60-,64-,65-/m1/s1. The van der Waals surface area contributed by atoms with E-state index in [0.717, 1.165) is 39.1 Å². The van der Waals surface area contributed by atoms with Gasteiger partial charge in [-0.05, 0) is 86.0 Å². The highest BCUT2D eigenvalue weighted by Crippen LogP contribution is 2.54. The molecule has 80 heavy (non-hydrogen) atoms. The van der Waals surface area contributed by atoms with Crippen LogP contribution in [-0.4, -0.2) is 54.3 Å². The number of ether oxygens (including phenoxy) is 1. The largest absolute Gasteiger partial charge is 0.463 e. The van der Waals surface area contributed by atoms with Crippen LogP contribution in [0.3, 0.4) is 0 Å². The van der Waals surface area contributed by atoms with Gasteiger partial charge in [-0.25, -0.2) is 0 Å². The Balaban J connectivity index is 1.24. The predicted octanol–water partition coefficient (Wildman–Crippen LogP) is 14.7. The first-order valence-electron chi connectivity index (χ1n) is 28.6. The summed E-state index contributed by atoms with van der Waals surface area (Å²) in [7, 11) is -8.43. The third-order valence-electron chi connectivity index (χ3n) is 16.0. The summed E-state index contributed by atoms with van der Waals surface area (Å²) in [5.74, 6) is 1.61. The van der Waals surface area contributed by atoms with Gasteiger partial charge < -0.3 is 27.2 Å². The van der Waals surface area contributed by atoms with Crippen LogP contribution in [0.15, 0.2) is 164 Å². The average Bonchev–Trinajstić information content (AvgIpc) is 3.71. The maximum atomic E-state index is 7.88. The monoisotopic (exact) mass is 1140 g/mol. The second-order valence-electron chi connectivity index (χ2n) is 26.4. The molecule has 1 saturated heterocycles. The molecule has 0 aromatic heterocycles. The molecule has 1 unspecified atom stereocenters. The molecule has 422 valence electrons. The molecule has 5 atom stereocenters. The summed E-state index contributed by atoms with van der Waals surface area (Å²) in [5, 5.41) is 5.28. The van der Waals surface area contributed by atoms with E-state index in [4.69, 9.17) is 31.7 Å². The van der Waals surface area contributed by atoms with Crippen molar-refractivity contribution >= 4 is 60.1 Å². The van der Waals surface area contributed by atoms with Crippen LogP contribution in [0.4, 0.5) is 0 Å². The number of aryl methyl sites for hydroxylation is 4. The Morgan fingerprint density at radius 2 is 0.863 bits per heavy atom. The molecule has 0 N–H and O–H groups in total. The van der Waals surface area contributed by atoms with Gasteiger partial charge in [0.25, 0.3) is 16.6 Å². The van der Waals surface area contributed by atoms with Crippen molar-refractivity contribution in [2.45, 2.75) is 163 Å². The first kappa shape index (κ1) is 59.8. The van der Waals surface area contributed by atoms with Crippen LogP contribution < -0.4 is 35.1 Å². The van der Waals surface area contributed by atoms with Crippen LogP contribution in [0, 0.1) is 27.7 Å². The zero-order valence-corrected chi connectivity index (χ0v) is 54.2. The van der Waals surface area contributed by atoms with Crippen LogP contribution in [0.25, 0.3) is 0 Å². The lowest BCUT2D eigenvalue weighted by Crippen LogP contribution is -2.67. The summed E-state index contributed by atoms with van der Waals surface area (Å²) in [6.45, 7) is 36.5. The molecule has 7 nitrogen and oxygen atoms in total. The van der Waals surface area contributed by atoms with Crippen molar-refractivity contribution < 1.29 is 31.7 Å². The van der Waals surface area contributed by atoms with E-state index in [0.29, 0.717) is 6.42 Å². The van der Waals surface area contributed by atoms with Crippen molar-refractivity contribution in [3.8, 4) is 11.5 Å². The Labute approximate surface area is 484 Å². The van der Waals surface area contributed by atoms with Crippen LogP contribution in [0.1, 0.15) is 128 Å². The van der Waals surface area contributed by atoms with E-state index in [-0.39, 0.29) is 42.9 Å². The van der Waals surface area contributed by atoms with E-state index < -0.39 is 49.7 Å². The zero-order valence-electron chi connectivity index (χ0n) is 50.3. The number of rotatable bonds is 15. The molecule has 0 aliphatic carbocycles. The SMILES string of the molecule is Cc1ccc(PO[C@H]2[C@H](OP3Oc4c(cc(C)cc4C(C)(C)C)Cc4cc(C)cc(C(C)(C)C)c4O3)[C@@H](CO[Si](c3ccccc3)(c3ccccc3)C(C)(C)C)O[C@@H]2CO[Si](c2ccccc2)(c2ccccc2)C(C)(C)C)c(C)c1. The van der Waals surface area contributed by atoms with Gasteiger partial charge in [0, 0.05) is 31.7 Å².